The molecule has 0 saturated heterocycles. The molecule has 0 unspecified atom stereocenters. The second-order valence-electron chi connectivity index (χ2n) is 3.73. The quantitative estimate of drug-likeness (QED) is 0.657. The van der Waals surface area contributed by atoms with Gasteiger partial charge in [0.2, 0.25) is 0 Å². The SMILES string of the molecule is C=Cc1cccc(C(F)=Cc2ccccc2)c1. The third-order valence-electron chi connectivity index (χ3n) is 2.49. The first-order chi connectivity index (χ1) is 8.29. The van der Waals surface area contributed by atoms with Crippen LogP contribution in [0.2, 0.25) is 0 Å². The Morgan fingerprint density at radius 3 is 2.35 bits per heavy atom. The zero-order valence-corrected chi connectivity index (χ0v) is 9.44. The fourth-order valence-electron chi connectivity index (χ4n) is 1.59. The van der Waals surface area contributed by atoms with Gasteiger partial charge >= 0.3 is 0 Å². The van der Waals surface area contributed by atoms with Gasteiger partial charge in [0.15, 0.2) is 0 Å². The van der Waals surface area contributed by atoms with Crippen LogP contribution in [0.4, 0.5) is 4.39 Å². The molecule has 0 radical (unpaired) electrons. The molecule has 0 spiro atoms. The Kier molecular flexibility index (Phi) is 3.51. The molecule has 0 nitrogen and oxygen atoms in total. The van der Waals surface area contributed by atoms with Crippen LogP contribution in [0.3, 0.4) is 0 Å². The van der Waals surface area contributed by atoms with Crippen molar-refractivity contribution in [2.24, 2.45) is 0 Å². The first kappa shape index (κ1) is 11.3. The van der Waals surface area contributed by atoms with Gasteiger partial charge in [-0.2, -0.15) is 0 Å². The van der Waals surface area contributed by atoms with Gasteiger partial charge in [-0.1, -0.05) is 61.2 Å². The average Bonchev–Trinajstić information content (AvgIpc) is 2.40. The molecule has 0 aliphatic rings. The van der Waals surface area contributed by atoms with Crippen molar-refractivity contribution in [1.82, 2.24) is 0 Å². The summed E-state index contributed by atoms with van der Waals surface area (Å²) in [6.45, 7) is 3.67. The standard InChI is InChI=1S/C16H13F/c1-2-13-9-6-10-15(11-13)16(17)12-14-7-4-3-5-8-14/h2-12H,1H2. The van der Waals surface area contributed by atoms with Crippen LogP contribution in [0, 0.1) is 0 Å². The molecule has 1 heteroatoms. The smallest absolute Gasteiger partial charge is 0.131 e. The molecule has 0 aliphatic heterocycles. The summed E-state index contributed by atoms with van der Waals surface area (Å²) in [5.41, 5.74) is 2.35. The van der Waals surface area contributed by atoms with Crippen LogP contribution in [0.25, 0.3) is 18.0 Å². The fourth-order valence-corrected chi connectivity index (χ4v) is 1.59. The molecule has 2 aromatic rings. The number of benzene rings is 2. The molecule has 0 N–H and O–H groups in total. The summed E-state index contributed by atoms with van der Waals surface area (Å²) in [7, 11) is 0. The molecule has 2 rings (SSSR count). The predicted molar refractivity (Wildman–Crippen MR) is 72.0 cm³/mol. The van der Waals surface area contributed by atoms with E-state index < -0.39 is 0 Å². The number of hydrogen-bond donors (Lipinski definition) is 0. The van der Waals surface area contributed by atoms with Crippen molar-refractivity contribution in [3.05, 3.63) is 77.9 Å². The van der Waals surface area contributed by atoms with Crippen LogP contribution in [0.1, 0.15) is 16.7 Å². The van der Waals surface area contributed by atoms with Crippen molar-refractivity contribution < 1.29 is 4.39 Å². The highest BCUT2D eigenvalue weighted by Crippen LogP contribution is 2.20. The third-order valence-corrected chi connectivity index (χ3v) is 2.49. The van der Waals surface area contributed by atoms with Gasteiger partial charge in [0.05, 0.1) is 0 Å². The Hall–Kier alpha value is -2.15. The van der Waals surface area contributed by atoms with E-state index in [1.54, 1.807) is 18.2 Å². The summed E-state index contributed by atoms with van der Waals surface area (Å²) in [5.74, 6) is -0.236. The minimum Gasteiger partial charge on any atom is -0.206 e. The normalized spacial score (nSPS) is 11.2. The van der Waals surface area contributed by atoms with E-state index in [0.29, 0.717) is 5.56 Å². The highest BCUT2D eigenvalue weighted by molar-refractivity contribution is 5.77. The molecule has 0 atom stereocenters. The second kappa shape index (κ2) is 5.26. The van der Waals surface area contributed by atoms with Crippen molar-refractivity contribution in [1.29, 1.82) is 0 Å². The van der Waals surface area contributed by atoms with Crippen molar-refractivity contribution in [3.8, 4) is 0 Å². The third kappa shape index (κ3) is 2.91. The van der Waals surface area contributed by atoms with Crippen molar-refractivity contribution in [3.63, 3.8) is 0 Å². The fraction of sp³-hybridized carbons (Fsp3) is 0. The van der Waals surface area contributed by atoms with Gasteiger partial charge in [-0.05, 0) is 23.3 Å². The Morgan fingerprint density at radius 1 is 0.941 bits per heavy atom. The Balaban J connectivity index is 2.33. The van der Waals surface area contributed by atoms with Gasteiger partial charge in [-0.15, -0.1) is 0 Å². The minimum absolute atomic E-state index is 0.236. The lowest BCUT2D eigenvalue weighted by molar-refractivity contribution is 0.765. The zero-order chi connectivity index (χ0) is 12.1. The maximum Gasteiger partial charge on any atom is 0.131 e. The summed E-state index contributed by atoms with van der Waals surface area (Å²) in [4.78, 5) is 0. The lowest BCUT2D eigenvalue weighted by Crippen LogP contribution is -1.80. The monoisotopic (exact) mass is 224 g/mol. The van der Waals surface area contributed by atoms with E-state index in [2.05, 4.69) is 6.58 Å². The van der Waals surface area contributed by atoms with E-state index in [4.69, 9.17) is 0 Å². The number of hydrogen-bond acceptors (Lipinski definition) is 0. The molecule has 0 fully saturated rings. The van der Waals surface area contributed by atoms with E-state index in [1.165, 1.54) is 6.08 Å². The molecule has 0 amide bonds. The maximum atomic E-state index is 14.0. The highest BCUT2D eigenvalue weighted by Gasteiger charge is 2.00. The molecule has 0 aromatic heterocycles. The molecule has 2 aromatic carbocycles. The van der Waals surface area contributed by atoms with Crippen LogP contribution in [0.5, 0.6) is 0 Å². The Labute approximate surface area is 101 Å². The summed E-state index contributed by atoms with van der Waals surface area (Å²) in [6.07, 6.45) is 3.24. The zero-order valence-electron chi connectivity index (χ0n) is 9.44. The second-order valence-corrected chi connectivity index (χ2v) is 3.73. The van der Waals surface area contributed by atoms with E-state index in [0.717, 1.165) is 11.1 Å². The van der Waals surface area contributed by atoms with Gasteiger partial charge in [-0.3, -0.25) is 0 Å². The van der Waals surface area contributed by atoms with Crippen LogP contribution in [0.15, 0.2) is 61.2 Å². The first-order valence-corrected chi connectivity index (χ1v) is 5.45. The predicted octanol–water partition coefficient (Wildman–Crippen LogP) is 4.80. The van der Waals surface area contributed by atoms with Crippen LogP contribution >= 0.6 is 0 Å². The van der Waals surface area contributed by atoms with Crippen molar-refractivity contribution in [2.75, 3.05) is 0 Å². The lowest BCUT2D eigenvalue weighted by Gasteiger charge is -2.00. The minimum atomic E-state index is -0.236. The van der Waals surface area contributed by atoms with Gasteiger partial charge in [0, 0.05) is 5.56 Å². The number of rotatable bonds is 3. The van der Waals surface area contributed by atoms with E-state index >= 15 is 0 Å². The van der Waals surface area contributed by atoms with E-state index in [1.807, 2.05) is 42.5 Å². The molecule has 0 heterocycles. The van der Waals surface area contributed by atoms with Crippen LogP contribution in [-0.2, 0) is 0 Å². The summed E-state index contributed by atoms with van der Waals surface area (Å²) < 4.78 is 14.0. The Morgan fingerprint density at radius 2 is 1.65 bits per heavy atom. The topological polar surface area (TPSA) is 0 Å². The molecule has 0 bridgehead atoms. The van der Waals surface area contributed by atoms with Crippen molar-refractivity contribution >= 4 is 18.0 Å². The summed E-state index contributed by atoms with van der Waals surface area (Å²) in [5, 5.41) is 0. The molecular weight excluding hydrogens is 211 g/mol. The van der Waals surface area contributed by atoms with Gasteiger partial charge in [0.1, 0.15) is 5.83 Å². The molecule has 0 saturated carbocycles. The highest BCUT2D eigenvalue weighted by atomic mass is 19.1. The van der Waals surface area contributed by atoms with Gasteiger partial charge in [-0.25, -0.2) is 4.39 Å². The number of halogens is 1. The first-order valence-electron chi connectivity index (χ1n) is 5.45. The molecule has 84 valence electrons. The molecule has 17 heavy (non-hydrogen) atoms. The van der Waals surface area contributed by atoms with Crippen molar-refractivity contribution in [2.45, 2.75) is 0 Å². The van der Waals surface area contributed by atoms with Gasteiger partial charge in [0.25, 0.3) is 0 Å². The Bertz CT molecular complexity index is 538. The summed E-state index contributed by atoms with van der Waals surface area (Å²) >= 11 is 0. The average molecular weight is 224 g/mol. The maximum absolute atomic E-state index is 14.0. The van der Waals surface area contributed by atoms with Gasteiger partial charge < -0.3 is 0 Å². The molecular formula is C16H13F. The van der Waals surface area contributed by atoms with Crippen LogP contribution in [-0.4, -0.2) is 0 Å². The van der Waals surface area contributed by atoms with E-state index in [9.17, 15) is 4.39 Å². The lowest BCUT2D eigenvalue weighted by atomic mass is 10.1. The summed E-state index contributed by atoms with van der Waals surface area (Å²) in [6, 6.07) is 16.7. The largest absolute Gasteiger partial charge is 0.206 e. The van der Waals surface area contributed by atoms with E-state index in [-0.39, 0.29) is 5.83 Å². The van der Waals surface area contributed by atoms with Crippen LogP contribution < -0.4 is 0 Å². The molecule has 0 aliphatic carbocycles.